The number of hydrogen-bond donors (Lipinski definition) is 0. The van der Waals surface area contributed by atoms with E-state index in [1.165, 1.54) is 42.4 Å². The van der Waals surface area contributed by atoms with Crippen LogP contribution in [0.1, 0.15) is 0 Å². The topological polar surface area (TPSA) is 30.7 Å². The first-order chi connectivity index (χ1) is 19.8. The molecule has 9 aromatic rings. The van der Waals surface area contributed by atoms with Gasteiger partial charge in [0, 0.05) is 31.8 Å². The summed E-state index contributed by atoms with van der Waals surface area (Å²) in [6.45, 7) is 0. The molecule has 186 valence electrons. The van der Waals surface area contributed by atoms with Crippen LogP contribution in [0.5, 0.6) is 0 Å². The Morgan fingerprint density at radius 2 is 1.05 bits per heavy atom. The number of nitrogens with zero attached hydrogens (tertiary/aromatic N) is 3. The average molecular weight is 528 g/mol. The maximum Gasteiger partial charge on any atom is 0.236 e. The minimum absolute atomic E-state index is 0.698. The average Bonchev–Trinajstić information content (AvgIpc) is 3.57. The van der Waals surface area contributed by atoms with Gasteiger partial charge in [0.15, 0.2) is 0 Å². The Balaban J connectivity index is 1.49. The molecule has 6 aromatic carbocycles. The summed E-state index contributed by atoms with van der Waals surface area (Å²) in [5.74, 6) is 0.698. The molecule has 3 heterocycles. The third-order valence-electron chi connectivity index (χ3n) is 8.02. The molecule has 0 aliphatic rings. The van der Waals surface area contributed by atoms with Crippen LogP contribution in [0, 0.1) is 0 Å². The molecule has 0 unspecified atom stereocenters. The van der Waals surface area contributed by atoms with Gasteiger partial charge in [0.05, 0.1) is 16.7 Å². The maximum absolute atomic E-state index is 5.35. The fraction of sp³-hybridized carbons (Fsp3) is 0. The van der Waals surface area contributed by atoms with Crippen LogP contribution in [0.3, 0.4) is 0 Å². The fourth-order valence-electron chi connectivity index (χ4n) is 6.28. The third-order valence-corrected chi connectivity index (χ3v) is 9.08. The van der Waals surface area contributed by atoms with Gasteiger partial charge in [-0.3, -0.25) is 4.57 Å². The van der Waals surface area contributed by atoms with Gasteiger partial charge in [0.2, 0.25) is 5.95 Å². The van der Waals surface area contributed by atoms with Gasteiger partial charge in [-0.1, -0.05) is 109 Å². The number of fused-ring (bicyclic) bond motifs is 10. The summed E-state index contributed by atoms with van der Waals surface area (Å²) in [5, 5.41) is 9.75. The highest BCUT2D eigenvalue weighted by Crippen LogP contribution is 2.42. The molecule has 0 atom stereocenters. The van der Waals surface area contributed by atoms with Crippen molar-refractivity contribution in [1.82, 2.24) is 14.5 Å². The van der Waals surface area contributed by atoms with Crippen LogP contribution in [0.2, 0.25) is 0 Å². The van der Waals surface area contributed by atoms with Crippen molar-refractivity contribution in [1.29, 1.82) is 0 Å². The molecule has 0 spiro atoms. The number of hydrogen-bond acceptors (Lipinski definition) is 3. The lowest BCUT2D eigenvalue weighted by Crippen LogP contribution is -2.02. The maximum atomic E-state index is 5.35. The second-order valence-electron chi connectivity index (χ2n) is 10.2. The Hall–Kier alpha value is -5.06. The van der Waals surface area contributed by atoms with Crippen LogP contribution in [0.4, 0.5) is 0 Å². The first-order valence-electron chi connectivity index (χ1n) is 13.4. The monoisotopic (exact) mass is 527 g/mol. The van der Waals surface area contributed by atoms with E-state index in [1.54, 1.807) is 11.3 Å². The van der Waals surface area contributed by atoms with Gasteiger partial charge < -0.3 is 0 Å². The molecule has 9 rings (SSSR count). The molecule has 0 N–H and O–H groups in total. The van der Waals surface area contributed by atoms with Crippen molar-refractivity contribution in [3.8, 4) is 17.2 Å². The molecule has 3 aromatic heterocycles. The molecule has 0 radical (unpaired) electrons. The number of aromatic nitrogens is 3. The lowest BCUT2D eigenvalue weighted by Gasteiger charge is -2.10. The quantitative estimate of drug-likeness (QED) is 0.224. The van der Waals surface area contributed by atoms with Crippen LogP contribution < -0.4 is 0 Å². The van der Waals surface area contributed by atoms with Crippen molar-refractivity contribution in [3.05, 3.63) is 127 Å². The van der Waals surface area contributed by atoms with Gasteiger partial charge in [-0.15, -0.1) is 11.3 Å². The zero-order valence-corrected chi connectivity index (χ0v) is 22.2. The van der Waals surface area contributed by atoms with Gasteiger partial charge in [0.25, 0.3) is 0 Å². The molecular formula is C36H21N3S. The van der Waals surface area contributed by atoms with Crippen molar-refractivity contribution in [2.45, 2.75) is 0 Å². The van der Waals surface area contributed by atoms with Crippen molar-refractivity contribution in [2.24, 2.45) is 0 Å². The van der Waals surface area contributed by atoms with E-state index in [0.717, 1.165) is 32.5 Å². The van der Waals surface area contributed by atoms with Gasteiger partial charge >= 0.3 is 0 Å². The van der Waals surface area contributed by atoms with E-state index in [-0.39, 0.29) is 0 Å². The molecule has 0 aliphatic heterocycles. The predicted octanol–water partition coefficient (Wildman–Crippen LogP) is 9.91. The van der Waals surface area contributed by atoms with Crippen LogP contribution >= 0.6 is 11.3 Å². The highest BCUT2D eigenvalue weighted by molar-refractivity contribution is 7.25. The van der Waals surface area contributed by atoms with Crippen molar-refractivity contribution < 1.29 is 0 Å². The van der Waals surface area contributed by atoms with Crippen LogP contribution in [-0.2, 0) is 0 Å². The molecular weight excluding hydrogens is 506 g/mol. The van der Waals surface area contributed by atoms with E-state index >= 15 is 0 Å². The molecule has 0 saturated carbocycles. The van der Waals surface area contributed by atoms with Crippen LogP contribution in [0.25, 0.3) is 80.9 Å². The zero-order chi connectivity index (χ0) is 26.2. The Morgan fingerprint density at radius 1 is 0.475 bits per heavy atom. The van der Waals surface area contributed by atoms with E-state index in [4.69, 9.17) is 9.97 Å². The molecule has 0 fully saturated rings. The summed E-state index contributed by atoms with van der Waals surface area (Å²) in [4.78, 5) is 11.6. The first-order valence-corrected chi connectivity index (χ1v) is 14.3. The van der Waals surface area contributed by atoms with Gasteiger partial charge in [-0.25, -0.2) is 9.97 Å². The molecule has 0 amide bonds. The van der Waals surface area contributed by atoms with E-state index < -0.39 is 0 Å². The summed E-state index contributed by atoms with van der Waals surface area (Å²) < 4.78 is 3.49. The summed E-state index contributed by atoms with van der Waals surface area (Å²) in [6, 6.07) is 45.3. The third kappa shape index (κ3) is 2.99. The van der Waals surface area contributed by atoms with Crippen LogP contribution in [-0.4, -0.2) is 14.5 Å². The highest BCUT2D eigenvalue weighted by Gasteiger charge is 2.21. The smallest absolute Gasteiger partial charge is 0.236 e. The highest BCUT2D eigenvalue weighted by atomic mass is 32.1. The second-order valence-corrected chi connectivity index (χ2v) is 11.2. The molecule has 0 saturated heterocycles. The van der Waals surface area contributed by atoms with E-state index in [1.807, 2.05) is 0 Å². The minimum Gasteiger partial charge on any atom is -0.278 e. The molecule has 40 heavy (non-hydrogen) atoms. The van der Waals surface area contributed by atoms with E-state index in [2.05, 4.69) is 132 Å². The second kappa shape index (κ2) is 8.22. The summed E-state index contributed by atoms with van der Waals surface area (Å²) in [5.41, 5.74) is 4.29. The largest absolute Gasteiger partial charge is 0.278 e. The van der Waals surface area contributed by atoms with Crippen LogP contribution in [0.15, 0.2) is 127 Å². The molecule has 4 heteroatoms. The zero-order valence-electron chi connectivity index (χ0n) is 21.4. The summed E-state index contributed by atoms with van der Waals surface area (Å²) in [7, 11) is 0. The molecule has 0 bridgehead atoms. The Morgan fingerprint density at radius 3 is 1.73 bits per heavy atom. The van der Waals surface area contributed by atoms with E-state index in [9.17, 15) is 0 Å². The Bertz CT molecular complexity index is 2340. The van der Waals surface area contributed by atoms with E-state index in [0.29, 0.717) is 5.95 Å². The minimum atomic E-state index is 0.698. The van der Waals surface area contributed by atoms with Gasteiger partial charge in [0.1, 0.15) is 4.83 Å². The normalized spacial score (nSPS) is 12.0. The Labute approximate surface area is 233 Å². The number of rotatable bonds is 2. The van der Waals surface area contributed by atoms with Crippen molar-refractivity contribution in [3.63, 3.8) is 0 Å². The van der Waals surface area contributed by atoms with Gasteiger partial charge in [-0.05, 0) is 39.7 Å². The SMILES string of the molecule is c1ccc(-c2nc(-n3c4ccc5ccccc5c4c4c5ccccc5ccc43)nc3sc4ccccc4c23)cc1. The van der Waals surface area contributed by atoms with Crippen molar-refractivity contribution in [2.75, 3.05) is 0 Å². The number of benzene rings is 6. The Kier molecular flexibility index (Phi) is 4.48. The first kappa shape index (κ1) is 21.8. The predicted molar refractivity (Wildman–Crippen MR) is 170 cm³/mol. The molecule has 0 aliphatic carbocycles. The van der Waals surface area contributed by atoms with Gasteiger partial charge in [-0.2, -0.15) is 0 Å². The lowest BCUT2D eigenvalue weighted by atomic mass is 10.00. The standard InChI is InChI=1S/C36H21N3S/c1-2-12-24(13-3-1)34-33-27-16-8-9-17-30(27)40-35(33)38-36(37-34)39-28-20-18-22-10-4-6-14-25(22)31(28)32-26-15-7-5-11-23(26)19-21-29(32)39/h1-21H. The fourth-order valence-corrected chi connectivity index (χ4v) is 7.35. The summed E-state index contributed by atoms with van der Waals surface area (Å²) in [6.07, 6.45) is 0. The van der Waals surface area contributed by atoms with Crippen molar-refractivity contribution >= 4 is 75.0 Å². The molecule has 3 nitrogen and oxygen atoms in total. The number of thiophene rings is 1. The lowest BCUT2D eigenvalue weighted by molar-refractivity contribution is 1.02. The summed E-state index contributed by atoms with van der Waals surface area (Å²) >= 11 is 1.73.